The van der Waals surface area contributed by atoms with Gasteiger partial charge in [0.2, 0.25) is 0 Å². The molecule has 3 N–H and O–H groups in total. The summed E-state index contributed by atoms with van der Waals surface area (Å²) in [7, 11) is 0. The number of pyridine rings is 1. The number of carbonyl (C=O) groups excluding carboxylic acids is 1. The molecule has 0 radical (unpaired) electrons. The van der Waals surface area contributed by atoms with E-state index in [9.17, 15) is 9.59 Å². The number of hydrogen-bond donors (Lipinski definition) is 3. The molecule has 2 aromatic heterocycles. The van der Waals surface area contributed by atoms with Gasteiger partial charge < -0.3 is 10.4 Å². The minimum absolute atomic E-state index is 0.216. The molecule has 34 heavy (non-hydrogen) atoms. The number of carbonyl (C=O) groups is 2. The molecule has 0 fully saturated rings. The topological polar surface area (TPSA) is 135 Å². The number of amides is 2. The summed E-state index contributed by atoms with van der Waals surface area (Å²) < 4.78 is 1.57. The third-order valence-corrected chi connectivity index (χ3v) is 5.84. The van der Waals surface area contributed by atoms with Crippen molar-refractivity contribution in [1.29, 1.82) is 0 Å². The summed E-state index contributed by atoms with van der Waals surface area (Å²) in [6, 6.07) is 13.6. The first-order chi connectivity index (χ1) is 16.5. The number of anilines is 1. The first kappa shape index (κ1) is 21.5. The van der Waals surface area contributed by atoms with Crippen molar-refractivity contribution in [2.24, 2.45) is 0 Å². The van der Waals surface area contributed by atoms with Gasteiger partial charge >= 0.3 is 6.09 Å². The Kier molecular flexibility index (Phi) is 5.64. The van der Waals surface area contributed by atoms with E-state index in [-0.39, 0.29) is 11.9 Å². The molecule has 1 aliphatic rings. The van der Waals surface area contributed by atoms with Crippen LogP contribution in [0, 0.1) is 0 Å². The van der Waals surface area contributed by atoms with Crippen molar-refractivity contribution in [2.45, 2.75) is 18.9 Å². The lowest BCUT2D eigenvalue weighted by Crippen LogP contribution is -2.27. The number of nitrogens with one attached hydrogen (secondary N) is 2. The largest absolute Gasteiger partial charge is 0.465 e. The SMILES string of the molecule is O=C(O)Nc1ccc(C(=O)NC2CCc3cc(-c4cc(Cl)ccc4-n4cnnn4)cnc32)cc1. The maximum Gasteiger partial charge on any atom is 0.409 e. The number of halogens is 1. The monoisotopic (exact) mass is 475 g/mol. The van der Waals surface area contributed by atoms with Crippen LogP contribution in [0.2, 0.25) is 5.02 Å². The Labute approximate surface area is 198 Å². The molecule has 1 aliphatic carbocycles. The Bertz CT molecular complexity index is 1370. The van der Waals surface area contributed by atoms with Crippen LogP contribution in [0.1, 0.15) is 34.1 Å². The Morgan fingerprint density at radius 1 is 1.12 bits per heavy atom. The molecule has 5 rings (SSSR count). The molecule has 2 amide bonds. The Morgan fingerprint density at radius 3 is 2.68 bits per heavy atom. The van der Waals surface area contributed by atoms with Crippen molar-refractivity contribution in [2.75, 3.05) is 5.32 Å². The van der Waals surface area contributed by atoms with E-state index in [0.717, 1.165) is 40.9 Å². The standard InChI is InChI=1S/C23H18ClN7O3/c24-16-4-8-20(31-12-26-29-30-31)18(10-16)15-9-14-3-7-19(21(14)25-11-15)28-22(32)13-1-5-17(6-2-13)27-23(33)34/h1-2,4-6,8-12,19,27H,3,7H2,(H,28,32)(H,33,34). The molecule has 1 atom stereocenters. The van der Waals surface area contributed by atoms with Crippen LogP contribution in [0.3, 0.4) is 0 Å². The van der Waals surface area contributed by atoms with Gasteiger partial charge in [-0.25, -0.2) is 4.79 Å². The summed E-state index contributed by atoms with van der Waals surface area (Å²) >= 11 is 6.26. The van der Waals surface area contributed by atoms with E-state index in [0.29, 0.717) is 16.3 Å². The van der Waals surface area contributed by atoms with Crippen molar-refractivity contribution in [3.63, 3.8) is 0 Å². The molecule has 0 aliphatic heterocycles. The minimum Gasteiger partial charge on any atom is -0.465 e. The maximum absolute atomic E-state index is 12.7. The van der Waals surface area contributed by atoms with Gasteiger partial charge in [0.25, 0.3) is 5.91 Å². The zero-order valence-corrected chi connectivity index (χ0v) is 18.4. The number of benzene rings is 2. The highest BCUT2D eigenvalue weighted by atomic mass is 35.5. The van der Waals surface area contributed by atoms with Crippen molar-refractivity contribution >= 4 is 29.3 Å². The lowest BCUT2D eigenvalue weighted by molar-refractivity contribution is 0.0936. The zero-order chi connectivity index (χ0) is 23.7. The molecule has 0 bridgehead atoms. The van der Waals surface area contributed by atoms with Crippen LogP contribution in [0.25, 0.3) is 16.8 Å². The molecule has 4 aromatic rings. The molecule has 0 saturated carbocycles. The van der Waals surface area contributed by atoms with Gasteiger partial charge in [0.15, 0.2) is 0 Å². The van der Waals surface area contributed by atoms with Gasteiger partial charge in [0.05, 0.1) is 17.4 Å². The highest BCUT2D eigenvalue weighted by Gasteiger charge is 2.26. The average Bonchev–Trinajstić information content (AvgIpc) is 3.49. The van der Waals surface area contributed by atoms with Gasteiger partial charge in [0.1, 0.15) is 6.33 Å². The van der Waals surface area contributed by atoms with Crippen LogP contribution in [0.4, 0.5) is 10.5 Å². The van der Waals surface area contributed by atoms with E-state index < -0.39 is 6.09 Å². The molecular weight excluding hydrogens is 458 g/mol. The summed E-state index contributed by atoms with van der Waals surface area (Å²) in [4.78, 5) is 28.1. The van der Waals surface area contributed by atoms with Crippen LogP contribution >= 0.6 is 11.6 Å². The average molecular weight is 476 g/mol. The Balaban J connectivity index is 1.37. The number of rotatable bonds is 5. The second-order valence-corrected chi connectivity index (χ2v) is 8.19. The quantitative estimate of drug-likeness (QED) is 0.398. The van der Waals surface area contributed by atoms with Gasteiger partial charge in [-0.15, -0.1) is 5.10 Å². The number of nitrogens with zero attached hydrogens (tertiary/aromatic N) is 5. The summed E-state index contributed by atoms with van der Waals surface area (Å²) in [6.07, 6.45) is 3.61. The van der Waals surface area contributed by atoms with E-state index in [1.165, 1.54) is 6.33 Å². The van der Waals surface area contributed by atoms with E-state index in [2.05, 4.69) is 37.2 Å². The third kappa shape index (κ3) is 4.30. The number of carboxylic acid groups (broad SMARTS) is 1. The van der Waals surface area contributed by atoms with E-state index in [1.807, 2.05) is 12.1 Å². The number of hydrogen-bond acceptors (Lipinski definition) is 6. The van der Waals surface area contributed by atoms with Crippen LogP contribution in [0.15, 0.2) is 61.1 Å². The normalized spacial score (nSPS) is 14.4. The molecule has 11 heteroatoms. The molecule has 1 unspecified atom stereocenters. The summed E-state index contributed by atoms with van der Waals surface area (Å²) in [6.45, 7) is 0. The molecule has 10 nitrogen and oxygen atoms in total. The molecule has 2 aromatic carbocycles. The third-order valence-electron chi connectivity index (χ3n) is 5.60. The van der Waals surface area contributed by atoms with Gasteiger partial charge in [0, 0.05) is 33.6 Å². The van der Waals surface area contributed by atoms with Crippen LogP contribution in [-0.4, -0.2) is 42.3 Å². The van der Waals surface area contributed by atoms with Crippen LogP contribution in [-0.2, 0) is 6.42 Å². The molecular formula is C23H18ClN7O3. The van der Waals surface area contributed by atoms with Gasteiger partial charge in [-0.3, -0.25) is 15.1 Å². The van der Waals surface area contributed by atoms with E-state index in [4.69, 9.17) is 16.7 Å². The Hall–Kier alpha value is -4.31. The number of aromatic nitrogens is 5. The second-order valence-electron chi connectivity index (χ2n) is 7.76. The zero-order valence-electron chi connectivity index (χ0n) is 17.6. The van der Waals surface area contributed by atoms with E-state index >= 15 is 0 Å². The maximum atomic E-state index is 12.7. The highest BCUT2D eigenvalue weighted by Crippen LogP contribution is 2.35. The van der Waals surface area contributed by atoms with Crippen LogP contribution < -0.4 is 10.6 Å². The van der Waals surface area contributed by atoms with Crippen LogP contribution in [0.5, 0.6) is 0 Å². The number of tetrazole rings is 1. The summed E-state index contributed by atoms with van der Waals surface area (Å²) in [5, 5.41) is 26.0. The Morgan fingerprint density at radius 2 is 1.94 bits per heavy atom. The van der Waals surface area contributed by atoms with E-state index in [1.54, 1.807) is 41.2 Å². The molecule has 0 spiro atoms. The number of aryl methyl sites for hydroxylation is 1. The predicted octanol–water partition coefficient (Wildman–Crippen LogP) is 3.88. The predicted molar refractivity (Wildman–Crippen MR) is 124 cm³/mol. The van der Waals surface area contributed by atoms with Crippen molar-refractivity contribution in [1.82, 2.24) is 30.5 Å². The first-order valence-corrected chi connectivity index (χ1v) is 10.8. The van der Waals surface area contributed by atoms with Gasteiger partial charge in [-0.2, -0.15) is 4.68 Å². The first-order valence-electron chi connectivity index (χ1n) is 10.4. The number of fused-ring (bicyclic) bond motifs is 1. The van der Waals surface area contributed by atoms with Crippen molar-refractivity contribution < 1.29 is 14.7 Å². The fourth-order valence-corrected chi connectivity index (χ4v) is 4.21. The fraction of sp³-hybridized carbons (Fsp3) is 0.130. The second kappa shape index (κ2) is 8.91. The highest BCUT2D eigenvalue weighted by molar-refractivity contribution is 6.31. The van der Waals surface area contributed by atoms with Gasteiger partial charge in [-0.1, -0.05) is 11.6 Å². The minimum atomic E-state index is -1.16. The lowest BCUT2D eigenvalue weighted by atomic mass is 10.0. The lowest BCUT2D eigenvalue weighted by Gasteiger charge is -2.15. The smallest absolute Gasteiger partial charge is 0.409 e. The van der Waals surface area contributed by atoms with Crippen molar-refractivity contribution in [3.05, 3.63) is 82.9 Å². The summed E-state index contributed by atoms with van der Waals surface area (Å²) in [5.74, 6) is -0.249. The van der Waals surface area contributed by atoms with Gasteiger partial charge in [-0.05, 0) is 77.4 Å². The van der Waals surface area contributed by atoms with Crippen molar-refractivity contribution in [3.8, 4) is 16.8 Å². The fourth-order valence-electron chi connectivity index (χ4n) is 4.04. The summed E-state index contributed by atoms with van der Waals surface area (Å²) in [5.41, 5.74) is 5.20. The molecule has 170 valence electrons. The molecule has 0 saturated heterocycles. The molecule has 2 heterocycles.